The zero-order valence-corrected chi connectivity index (χ0v) is 13.9. The van der Waals surface area contributed by atoms with Crippen molar-refractivity contribution in [2.75, 3.05) is 0 Å². The van der Waals surface area contributed by atoms with Crippen molar-refractivity contribution in [3.63, 3.8) is 0 Å². The van der Waals surface area contributed by atoms with Crippen molar-refractivity contribution >= 4 is 102 Å². The first-order chi connectivity index (χ1) is 2.91. The maximum atomic E-state index is 1.63. The van der Waals surface area contributed by atoms with E-state index >= 15 is 0 Å². The Kier molecular flexibility index (Phi) is 16.0. The third-order valence-electron chi connectivity index (χ3n) is 0.492. The first kappa shape index (κ1) is 10.3. The molecule has 0 aliphatic carbocycles. The molecule has 0 aromatic rings. The molecule has 0 rings (SSSR count). The van der Waals surface area contributed by atoms with Crippen molar-refractivity contribution in [2.24, 2.45) is 0 Å². The Bertz CT molecular complexity index is 21.5. The van der Waals surface area contributed by atoms with E-state index in [2.05, 4.69) is 0 Å². The van der Waals surface area contributed by atoms with Crippen LogP contribution < -0.4 is 0 Å². The molecule has 0 N–H and O–H groups in total. The SMILES string of the molecule is [K][Se]CC[Se][K]. The molecule has 4 heteroatoms. The second kappa shape index (κ2) is 9.31. The van der Waals surface area contributed by atoms with E-state index < -0.39 is 0 Å². The van der Waals surface area contributed by atoms with Crippen molar-refractivity contribution in [1.82, 2.24) is 0 Å². The van der Waals surface area contributed by atoms with E-state index in [0.717, 1.165) is 11.2 Å². The Hall–Kier alpha value is 4.31. The maximum absolute atomic E-state index is 1.63. The van der Waals surface area contributed by atoms with E-state index in [4.69, 9.17) is 0 Å². The molecule has 0 amide bonds. The quantitative estimate of drug-likeness (QED) is 0.471. The Morgan fingerprint density at radius 2 is 1.33 bits per heavy atom. The molecule has 0 saturated carbocycles. The fourth-order valence-electron chi connectivity index (χ4n) is 0.167. The molecule has 0 aromatic carbocycles. The molecule has 0 radical (unpaired) electrons. The Morgan fingerprint density at radius 3 is 1.50 bits per heavy atom. The summed E-state index contributed by atoms with van der Waals surface area (Å²) in [6.07, 6.45) is 0. The zero-order valence-electron chi connectivity index (χ0n) is 4.23. The number of rotatable bonds is 3. The molecule has 0 nitrogen and oxygen atoms in total. The summed E-state index contributed by atoms with van der Waals surface area (Å²) in [6, 6.07) is 0. The van der Waals surface area contributed by atoms with Crippen LogP contribution in [0.1, 0.15) is 0 Å². The molecule has 0 fully saturated rings. The van der Waals surface area contributed by atoms with Gasteiger partial charge in [-0.25, -0.2) is 0 Å². The summed E-state index contributed by atoms with van der Waals surface area (Å²) in [5.41, 5.74) is 2.32. The summed E-state index contributed by atoms with van der Waals surface area (Å²) < 4.78 is 0. The summed E-state index contributed by atoms with van der Waals surface area (Å²) in [7, 11) is 0. The van der Waals surface area contributed by atoms with Crippen molar-refractivity contribution in [1.29, 1.82) is 0 Å². The molecular formula is C2H4K2Se2. The molecule has 0 heterocycles. The third kappa shape index (κ3) is 8.31. The molecule has 0 aliphatic heterocycles. The second-order valence-corrected chi connectivity index (χ2v) is 14.5. The van der Waals surface area contributed by atoms with E-state index in [1.165, 1.54) is 90.8 Å². The van der Waals surface area contributed by atoms with Gasteiger partial charge >= 0.3 is 113 Å². The Labute approximate surface area is 108 Å². The van der Waals surface area contributed by atoms with E-state index in [9.17, 15) is 0 Å². The average Bonchev–Trinajstić information content (AvgIpc) is 1.61. The van der Waals surface area contributed by atoms with Crippen LogP contribution in [-0.2, 0) is 0 Å². The average molecular weight is 264 g/mol. The van der Waals surface area contributed by atoms with Crippen LogP contribution >= 0.6 is 0 Å². The van der Waals surface area contributed by atoms with E-state index in [1.54, 1.807) is 10.6 Å². The van der Waals surface area contributed by atoms with E-state index in [0.29, 0.717) is 0 Å². The van der Waals surface area contributed by atoms with E-state index in [1.807, 2.05) is 0 Å². The molecule has 0 unspecified atom stereocenters. The van der Waals surface area contributed by atoms with Gasteiger partial charge in [-0.2, -0.15) is 0 Å². The Morgan fingerprint density at radius 1 is 1.00 bits per heavy atom. The summed E-state index contributed by atoms with van der Waals surface area (Å²) in [5.74, 6) is 0. The summed E-state index contributed by atoms with van der Waals surface area (Å²) >= 11 is 2.41. The van der Waals surface area contributed by atoms with E-state index in [-0.39, 0.29) is 0 Å². The first-order valence-corrected chi connectivity index (χ1v) is 21.0. The zero-order chi connectivity index (χ0) is 4.83. The van der Waals surface area contributed by atoms with Crippen LogP contribution in [0, 0.1) is 0 Å². The molecule has 0 aromatic heterocycles. The standard InChI is InChI=1S/C2H6Se2.2K/c3-1-2-4;;/h3-4H,1-2H2;;/q;2*+1/p-2. The van der Waals surface area contributed by atoms with Crippen LogP contribution in [0.15, 0.2) is 0 Å². The molecular weight excluding hydrogens is 260 g/mol. The van der Waals surface area contributed by atoms with Crippen molar-refractivity contribution < 1.29 is 0 Å². The van der Waals surface area contributed by atoms with Gasteiger partial charge in [0, 0.05) is 0 Å². The van der Waals surface area contributed by atoms with Gasteiger partial charge in [0.2, 0.25) is 0 Å². The molecule has 0 bridgehead atoms. The normalized spacial score (nSPS) is 9.33. The molecule has 0 atom stereocenters. The van der Waals surface area contributed by atoms with Crippen LogP contribution in [0.3, 0.4) is 0 Å². The van der Waals surface area contributed by atoms with Gasteiger partial charge in [0.25, 0.3) is 0 Å². The molecule has 0 saturated heterocycles. The predicted molar refractivity (Wildman–Crippen MR) is 32.6 cm³/mol. The van der Waals surface area contributed by atoms with Crippen LogP contribution in [0.4, 0.5) is 0 Å². The van der Waals surface area contributed by atoms with Crippen molar-refractivity contribution in [3.8, 4) is 0 Å². The van der Waals surface area contributed by atoms with Crippen molar-refractivity contribution in [3.05, 3.63) is 0 Å². The van der Waals surface area contributed by atoms with Crippen LogP contribution in [0.2, 0.25) is 10.6 Å². The van der Waals surface area contributed by atoms with Gasteiger partial charge in [-0.05, 0) is 0 Å². The fourth-order valence-corrected chi connectivity index (χ4v) is 18.6. The van der Waals surface area contributed by atoms with Crippen LogP contribution in [0.25, 0.3) is 0 Å². The monoisotopic (exact) mass is 266 g/mol. The summed E-state index contributed by atoms with van der Waals surface area (Å²) in [5, 5.41) is 3.27. The minimum absolute atomic E-state index is 1.16. The Balaban J connectivity index is 2.34. The third-order valence-corrected chi connectivity index (χ3v) is 11.0. The van der Waals surface area contributed by atoms with Gasteiger partial charge in [0.05, 0.1) is 0 Å². The number of hydrogen-bond donors (Lipinski definition) is 0. The molecule has 0 aliphatic rings. The second-order valence-electron chi connectivity index (χ2n) is 0.986. The van der Waals surface area contributed by atoms with Gasteiger partial charge in [-0.3, -0.25) is 0 Å². The van der Waals surface area contributed by atoms with Gasteiger partial charge in [-0.1, -0.05) is 0 Å². The molecule has 26 valence electrons. The van der Waals surface area contributed by atoms with Gasteiger partial charge < -0.3 is 0 Å². The van der Waals surface area contributed by atoms with Gasteiger partial charge in [0.15, 0.2) is 0 Å². The first-order valence-electron chi connectivity index (χ1n) is 1.89. The van der Waals surface area contributed by atoms with Crippen molar-refractivity contribution in [2.45, 2.75) is 10.6 Å². The van der Waals surface area contributed by atoms with Gasteiger partial charge in [-0.15, -0.1) is 0 Å². The van der Waals surface area contributed by atoms with Gasteiger partial charge in [0.1, 0.15) is 0 Å². The molecule has 0 spiro atoms. The minimum atomic E-state index is 1.16. The summed E-state index contributed by atoms with van der Waals surface area (Å²) in [6.45, 7) is 0. The molecule has 6 heavy (non-hydrogen) atoms. The van der Waals surface area contributed by atoms with Crippen LogP contribution in [-0.4, -0.2) is 102 Å². The topological polar surface area (TPSA) is 0 Å². The fraction of sp³-hybridized carbons (Fsp3) is 1.00. The summed E-state index contributed by atoms with van der Waals surface area (Å²) in [4.78, 5) is 0. The number of hydrogen-bond acceptors (Lipinski definition) is 0. The predicted octanol–water partition coefficient (Wildman–Crippen LogP) is -0.602. The van der Waals surface area contributed by atoms with Crippen LogP contribution in [0.5, 0.6) is 0 Å².